The molecule has 0 aliphatic carbocycles. The van der Waals surface area contributed by atoms with E-state index in [0.29, 0.717) is 26.2 Å². The lowest BCUT2D eigenvalue weighted by Gasteiger charge is -2.04. The van der Waals surface area contributed by atoms with Crippen molar-refractivity contribution in [3.05, 3.63) is 29.1 Å². The van der Waals surface area contributed by atoms with Crippen molar-refractivity contribution in [3.8, 4) is 6.07 Å². The Bertz CT molecular complexity index is 571. The fourth-order valence-electron chi connectivity index (χ4n) is 1.59. The van der Waals surface area contributed by atoms with Crippen LogP contribution < -0.4 is 5.32 Å². The molecule has 1 aromatic heterocycles. The normalized spacial score (nSPS) is 12.0. The Morgan fingerprint density at radius 3 is 2.82 bits per heavy atom. The van der Waals surface area contributed by atoms with Crippen LogP contribution in [0, 0.1) is 11.3 Å². The molecule has 1 heterocycles. The number of alkyl halides is 3. The molecule has 0 aliphatic rings. The SMILES string of the molecule is CCOCCCNC(=O)/C(C#N)=C\c1c[nH]c(C(F)(F)F)c1. The van der Waals surface area contributed by atoms with E-state index in [0.717, 1.165) is 18.3 Å². The van der Waals surface area contributed by atoms with Crippen LogP contribution in [0.25, 0.3) is 6.08 Å². The van der Waals surface area contributed by atoms with Crippen LogP contribution >= 0.6 is 0 Å². The second-order valence-corrected chi connectivity index (χ2v) is 4.32. The second-order valence-electron chi connectivity index (χ2n) is 4.32. The quantitative estimate of drug-likeness (QED) is 0.461. The molecule has 1 rings (SSSR count). The summed E-state index contributed by atoms with van der Waals surface area (Å²) in [6.07, 6.45) is -1.73. The molecule has 0 aromatic carbocycles. The Balaban J connectivity index is 2.65. The Hall–Kier alpha value is -2.27. The van der Waals surface area contributed by atoms with E-state index < -0.39 is 17.8 Å². The van der Waals surface area contributed by atoms with Crippen LogP contribution in [0.5, 0.6) is 0 Å². The third-order valence-corrected chi connectivity index (χ3v) is 2.64. The number of aromatic amines is 1. The number of nitrogens with one attached hydrogen (secondary N) is 2. The van der Waals surface area contributed by atoms with Gasteiger partial charge in [-0.1, -0.05) is 0 Å². The van der Waals surface area contributed by atoms with Gasteiger partial charge in [-0.15, -0.1) is 0 Å². The second kappa shape index (κ2) is 8.24. The molecule has 8 heteroatoms. The first-order valence-electron chi connectivity index (χ1n) is 6.61. The average molecular weight is 315 g/mol. The van der Waals surface area contributed by atoms with E-state index in [2.05, 4.69) is 10.3 Å². The topological polar surface area (TPSA) is 77.9 Å². The highest BCUT2D eigenvalue weighted by molar-refractivity contribution is 6.01. The zero-order valence-electron chi connectivity index (χ0n) is 12.0. The fourth-order valence-corrected chi connectivity index (χ4v) is 1.59. The van der Waals surface area contributed by atoms with Gasteiger partial charge in [0.2, 0.25) is 0 Å². The minimum Gasteiger partial charge on any atom is -0.382 e. The van der Waals surface area contributed by atoms with Crippen molar-refractivity contribution in [2.75, 3.05) is 19.8 Å². The van der Waals surface area contributed by atoms with Gasteiger partial charge in [-0.2, -0.15) is 18.4 Å². The van der Waals surface area contributed by atoms with Crippen molar-refractivity contribution in [3.63, 3.8) is 0 Å². The van der Waals surface area contributed by atoms with E-state index in [1.807, 2.05) is 6.92 Å². The molecule has 22 heavy (non-hydrogen) atoms. The standard InChI is InChI=1S/C14H16F3N3O2/c1-2-22-5-3-4-19-13(21)11(8-18)6-10-7-12(20-9-10)14(15,16)17/h6-7,9,20H,2-5H2,1H3,(H,19,21)/b11-6-. The molecule has 0 bridgehead atoms. The van der Waals surface area contributed by atoms with Crippen LogP contribution in [0.3, 0.4) is 0 Å². The maximum absolute atomic E-state index is 12.4. The molecular formula is C14H16F3N3O2. The molecule has 1 aromatic rings. The number of hydrogen-bond donors (Lipinski definition) is 2. The first-order valence-corrected chi connectivity index (χ1v) is 6.61. The third kappa shape index (κ3) is 5.61. The summed E-state index contributed by atoms with van der Waals surface area (Å²) in [6.45, 7) is 3.22. The summed E-state index contributed by atoms with van der Waals surface area (Å²) in [5.74, 6) is -0.631. The molecule has 0 fully saturated rings. The smallest absolute Gasteiger partial charge is 0.382 e. The molecule has 0 radical (unpaired) electrons. The summed E-state index contributed by atoms with van der Waals surface area (Å²) in [7, 11) is 0. The summed E-state index contributed by atoms with van der Waals surface area (Å²) >= 11 is 0. The van der Waals surface area contributed by atoms with E-state index >= 15 is 0 Å². The average Bonchev–Trinajstić information content (AvgIpc) is 2.93. The van der Waals surface area contributed by atoms with Crippen LogP contribution in [-0.2, 0) is 15.7 Å². The summed E-state index contributed by atoms with van der Waals surface area (Å²) in [5.41, 5.74) is -1.09. The highest BCUT2D eigenvalue weighted by Gasteiger charge is 2.32. The zero-order chi connectivity index (χ0) is 16.6. The van der Waals surface area contributed by atoms with Gasteiger partial charge in [-0.3, -0.25) is 4.79 Å². The summed E-state index contributed by atoms with van der Waals surface area (Å²) in [5, 5.41) is 11.4. The lowest BCUT2D eigenvalue weighted by Crippen LogP contribution is -2.26. The van der Waals surface area contributed by atoms with Gasteiger partial charge in [0.1, 0.15) is 17.3 Å². The predicted molar refractivity (Wildman–Crippen MR) is 73.5 cm³/mol. The van der Waals surface area contributed by atoms with Crippen LogP contribution in [0.1, 0.15) is 24.6 Å². The molecule has 0 spiro atoms. The molecule has 1 amide bonds. The molecule has 0 aliphatic heterocycles. The number of H-pyrrole nitrogens is 1. The van der Waals surface area contributed by atoms with E-state index in [9.17, 15) is 18.0 Å². The molecule has 0 unspecified atom stereocenters. The zero-order valence-corrected chi connectivity index (χ0v) is 12.0. The van der Waals surface area contributed by atoms with Crippen molar-refractivity contribution in [2.45, 2.75) is 19.5 Å². The van der Waals surface area contributed by atoms with Gasteiger partial charge in [-0.25, -0.2) is 0 Å². The van der Waals surface area contributed by atoms with Crippen molar-refractivity contribution in [1.29, 1.82) is 5.26 Å². The van der Waals surface area contributed by atoms with Gasteiger partial charge < -0.3 is 15.0 Å². The monoisotopic (exact) mass is 315 g/mol. The minimum absolute atomic E-state index is 0.105. The molecule has 0 saturated heterocycles. The number of rotatable bonds is 7. The first kappa shape index (κ1) is 17.8. The summed E-state index contributed by atoms with van der Waals surface area (Å²) < 4.78 is 42.4. The van der Waals surface area contributed by atoms with Gasteiger partial charge >= 0.3 is 6.18 Å². The molecule has 5 nitrogen and oxygen atoms in total. The Morgan fingerprint density at radius 1 is 1.55 bits per heavy atom. The largest absolute Gasteiger partial charge is 0.431 e. The minimum atomic E-state index is -4.50. The van der Waals surface area contributed by atoms with Gasteiger partial charge in [0, 0.05) is 26.0 Å². The fraction of sp³-hybridized carbons (Fsp3) is 0.429. The number of ether oxygens (including phenoxy) is 1. The molecule has 2 N–H and O–H groups in total. The number of carbonyl (C=O) groups excluding carboxylic acids is 1. The van der Waals surface area contributed by atoms with Gasteiger partial charge in [0.15, 0.2) is 0 Å². The number of nitriles is 1. The van der Waals surface area contributed by atoms with Gasteiger partial charge in [0.25, 0.3) is 5.91 Å². The first-order chi connectivity index (χ1) is 10.4. The summed E-state index contributed by atoms with van der Waals surface area (Å²) in [6, 6.07) is 2.51. The van der Waals surface area contributed by atoms with Gasteiger partial charge in [0.05, 0.1) is 0 Å². The van der Waals surface area contributed by atoms with Gasteiger partial charge in [-0.05, 0) is 31.1 Å². The van der Waals surface area contributed by atoms with E-state index in [4.69, 9.17) is 10.00 Å². The number of hydrogen-bond acceptors (Lipinski definition) is 3. The van der Waals surface area contributed by atoms with E-state index in [1.54, 1.807) is 6.07 Å². The lowest BCUT2D eigenvalue weighted by molar-refractivity contribution is -0.140. The van der Waals surface area contributed by atoms with Crippen LogP contribution in [0.4, 0.5) is 13.2 Å². The maximum atomic E-state index is 12.4. The van der Waals surface area contributed by atoms with Crippen molar-refractivity contribution < 1.29 is 22.7 Å². The number of nitrogens with zero attached hydrogens (tertiary/aromatic N) is 1. The predicted octanol–water partition coefficient (Wildman–Crippen LogP) is 2.48. The van der Waals surface area contributed by atoms with E-state index in [1.165, 1.54) is 0 Å². The maximum Gasteiger partial charge on any atom is 0.431 e. The highest BCUT2D eigenvalue weighted by atomic mass is 19.4. The third-order valence-electron chi connectivity index (χ3n) is 2.64. The number of amides is 1. The molecular weight excluding hydrogens is 299 g/mol. The van der Waals surface area contributed by atoms with E-state index in [-0.39, 0.29) is 11.1 Å². The lowest BCUT2D eigenvalue weighted by atomic mass is 10.2. The van der Waals surface area contributed by atoms with Crippen molar-refractivity contribution >= 4 is 12.0 Å². The van der Waals surface area contributed by atoms with Crippen LogP contribution in [-0.4, -0.2) is 30.6 Å². The molecule has 0 saturated carbocycles. The number of carbonyl (C=O) groups is 1. The molecule has 0 atom stereocenters. The van der Waals surface area contributed by atoms with Crippen molar-refractivity contribution in [2.24, 2.45) is 0 Å². The van der Waals surface area contributed by atoms with Crippen LogP contribution in [0.15, 0.2) is 17.8 Å². The molecule has 120 valence electrons. The van der Waals surface area contributed by atoms with Crippen molar-refractivity contribution in [1.82, 2.24) is 10.3 Å². The number of halogens is 3. The summed E-state index contributed by atoms with van der Waals surface area (Å²) in [4.78, 5) is 13.8. The highest BCUT2D eigenvalue weighted by Crippen LogP contribution is 2.28. The Labute approximate surface area is 125 Å². The number of aromatic nitrogens is 1. The van der Waals surface area contributed by atoms with Crippen LogP contribution in [0.2, 0.25) is 0 Å². The Kier molecular flexibility index (Phi) is 6.66. The Morgan fingerprint density at radius 2 is 2.27 bits per heavy atom.